The smallest absolute Gasteiger partial charge is 0.0527 e. The summed E-state index contributed by atoms with van der Waals surface area (Å²) in [4.78, 5) is 0. The summed E-state index contributed by atoms with van der Waals surface area (Å²) in [6, 6.07) is 0. The molecule has 0 amide bonds. The summed E-state index contributed by atoms with van der Waals surface area (Å²) >= 11 is 0. The molecule has 2 aliphatic rings. The molecule has 2 aliphatic carbocycles. The van der Waals surface area contributed by atoms with Gasteiger partial charge in [-0.05, 0) is 18.8 Å². The summed E-state index contributed by atoms with van der Waals surface area (Å²) in [5.74, 6) is 1.49. The van der Waals surface area contributed by atoms with E-state index >= 15 is 0 Å². The van der Waals surface area contributed by atoms with E-state index in [9.17, 15) is 0 Å². The molecule has 0 aliphatic heterocycles. The van der Waals surface area contributed by atoms with Gasteiger partial charge in [0.2, 0.25) is 0 Å². The quantitative estimate of drug-likeness (QED) is 0.609. The Morgan fingerprint density at radius 3 is 2.92 bits per heavy atom. The van der Waals surface area contributed by atoms with Gasteiger partial charge >= 0.3 is 0 Å². The van der Waals surface area contributed by atoms with Crippen molar-refractivity contribution >= 4 is 0 Å². The molecule has 0 saturated heterocycles. The van der Waals surface area contributed by atoms with E-state index in [1.54, 1.807) is 7.11 Å². The molecular weight excluding hydrogens is 148 g/mol. The second-order valence-corrected chi connectivity index (χ2v) is 4.24. The highest BCUT2D eigenvalue weighted by Gasteiger charge is 2.60. The molecule has 0 radical (unpaired) electrons. The number of methoxy groups -OCH3 is 1. The molecule has 1 heteroatoms. The summed E-state index contributed by atoms with van der Waals surface area (Å²) in [6.07, 6.45) is 6.72. The number of hydrogen-bond acceptors (Lipinski definition) is 1. The van der Waals surface area contributed by atoms with E-state index in [1.165, 1.54) is 5.57 Å². The van der Waals surface area contributed by atoms with Crippen LogP contribution in [-0.4, -0.2) is 13.7 Å². The fraction of sp³-hybridized carbons (Fsp3) is 0.636. The first kappa shape index (κ1) is 8.06. The molecule has 2 rings (SSSR count). The molecule has 1 saturated carbocycles. The first-order valence-corrected chi connectivity index (χ1v) is 4.54. The number of rotatable bonds is 2. The van der Waals surface area contributed by atoms with Crippen molar-refractivity contribution < 1.29 is 4.74 Å². The van der Waals surface area contributed by atoms with E-state index in [0.29, 0.717) is 5.41 Å². The van der Waals surface area contributed by atoms with Crippen molar-refractivity contribution in [2.45, 2.75) is 13.8 Å². The summed E-state index contributed by atoms with van der Waals surface area (Å²) in [6.45, 7) is 5.43. The van der Waals surface area contributed by atoms with Gasteiger partial charge in [0.25, 0.3) is 0 Å². The average Bonchev–Trinajstić information content (AvgIpc) is 2.60. The molecular formula is C11H16O. The largest absolute Gasteiger partial charge is 0.384 e. The highest BCUT2D eigenvalue weighted by molar-refractivity contribution is 5.35. The van der Waals surface area contributed by atoms with Crippen molar-refractivity contribution in [3.63, 3.8) is 0 Å². The standard InChI is InChI=1S/C11H16O/c1-8-5-4-6-9-10(8)11(9,2)7-12-3/h4-6,9-10H,7H2,1-3H3/t9?,10?,11-/m0/s1. The van der Waals surface area contributed by atoms with E-state index in [2.05, 4.69) is 32.1 Å². The van der Waals surface area contributed by atoms with Crippen LogP contribution in [0.5, 0.6) is 0 Å². The topological polar surface area (TPSA) is 9.23 Å². The second-order valence-electron chi connectivity index (χ2n) is 4.24. The monoisotopic (exact) mass is 164 g/mol. The van der Waals surface area contributed by atoms with Crippen LogP contribution in [0.4, 0.5) is 0 Å². The maximum atomic E-state index is 5.25. The zero-order chi connectivity index (χ0) is 8.77. The molecule has 2 unspecified atom stereocenters. The number of allylic oxidation sites excluding steroid dienone is 4. The van der Waals surface area contributed by atoms with Gasteiger partial charge in [0, 0.05) is 12.5 Å². The van der Waals surface area contributed by atoms with Gasteiger partial charge in [0.05, 0.1) is 6.61 Å². The Morgan fingerprint density at radius 1 is 1.58 bits per heavy atom. The third-order valence-electron chi connectivity index (χ3n) is 3.35. The van der Waals surface area contributed by atoms with Crippen LogP contribution in [-0.2, 0) is 4.74 Å². The van der Waals surface area contributed by atoms with E-state index in [0.717, 1.165) is 18.4 Å². The first-order valence-electron chi connectivity index (χ1n) is 4.54. The van der Waals surface area contributed by atoms with E-state index < -0.39 is 0 Å². The van der Waals surface area contributed by atoms with Crippen LogP contribution in [0, 0.1) is 17.3 Å². The van der Waals surface area contributed by atoms with Crippen LogP contribution in [0.1, 0.15) is 13.8 Å². The van der Waals surface area contributed by atoms with Crippen molar-refractivity contribution in [3.8, 4) is 0 Å². The molecule has 0 aromatic rings. The average molecular weight is 164 g/mol. The van der Waals surface area contributed by atoms with Gasteiger partial charge in [-0.15, -0.1) is 0 Å². The van der Waals surface area contributed by atoms with Crippen LogP contribution in [0.15, 0.2) is 23.8 Å². The molecule has 0 bridgehead atoms. The van der Waals surface area contributed by atoms with Crippen LogP contribution < -0.4 is 0 Å². The van der Waals surface area contributed by atoms with Gasteiger partial charge in [-0.2, -0.15) is 0 Å². The second kappa shape index (κ2) is 2.46. The van der Waals surface area contributed by atoms with E-state index in [-0.39, 0.29) is 0 Å². The fourth-order valence-corrected chi connectivity index (χ4v) is 2.66. The summed E-state index contributed by atoms with van der Waals surface area (Å²) in [5.41, 5.74) is 1.91. The van der Waals surface area contributed by atoms with E-state index in [4.69, 9.17) is 4.74 Å². The molecule has 0 spiro atoms. The van der Waals surface area contributed by atoms with Crippen molar-refractivity contribution in [1.29, 1.82) is 0 Å². The minimum Gasteiger partial charge on any atom is -0.384 e. The summed E-state index contributed by atoms with van der Waals surface area (Å²) in [5, 5.41) is 0. The van der Waals surface area contributed by atoms with Crippen molar-refractivity contribution in [2.24, 2.45) is 17.3 Å². The van der Waals surface area contributed by atoms with Gasteiger partial charge in [-0.3, -0.25) is 0 Å². The fourth-order valence-electron chi connectivity index (χ4n) is 2.66. The lowest BCUT2D eigenvalue weighted by Gasteiger charge is -2.08. The van der Waals surface area contributed by atoms with Crippen LogP contribution >= 0.6 is 0 Å². The Hall–Kier alpha value is -0.560. The van der Waals surface area contributed by atoms with Gasteiger partial charge < -0.3 is 4.74 Å². The van der Waals surface area contributed by atoms with Crippen LogP contribution in [0.3, 0.4) is 0 Å². The first-order chi connectivity index (χ1) is 5.70. The summed E-state index contributed by atoms with van der Waals surface area (Å²) < 4.78 is 5.25. The predicted octanol–water partition coefficient (Wildman–Crippen LogP) is 2.40. The van der Waals surface area contributed by atoms with Gasteiger partial charge in [0.15, 0.2) is 0 Å². The Kier molecular flexibility index (Phi) is 1.65. The Balaban J connectivity index is 2.17. The van der Waals surface area contributed by atoms with Gasteiger partial charge in [-0.1, -0.05) is 30.7 Å². The molecule has 12 heavy (non-hydrogen) atoms. The van der Waals surface area contributed by atoms with Gasteiger partial charge in [-0.25, -0.2) is 0 Å². The number of fused-ring (bicyclic) bond motifs is 1. The van der Waals surface area contributed by atoms with Crippen molar-refractivity contribution in [1.82, 2.24) is 0 Å². The maximum Gasteiger partial charge on any atom is 0.0527 e. The zero-order valence-corrected chi connectivity index (χ0v) is 8.00. The lowest BCUT2D eigenvalue weighted by atomic mass is 10.0. The third kappa shape index (κ3) is 0.893. The maximum absolute atomic E-state index is 5.25. The third-order valence-corrected chi connectivity index (χ3v) is 3.35. The summed E-state index contributed by atoms with van der Waals surface area (Å²) in [7, 11) is 1.79. The highest BCUT2D eigenvalue weighted by Crippen LogP contribution is 2.63. The van der Waals surface area contributed by atoms with Crippen LogP contribution in [0.2, 0.25) is 0 Å². The Labute approximate surface area is 74.1 Å². The molecule has 0 N–H and O–H groups in total. The van der Waals surface area contributed by atoms with Crippen molar-refractivity contribution in [2.75, 3.05) is 13.7 Å². The predicted molar refractivity (Wildman–Crippen MR) is 49.9 cm³/mol. The molecule has 1 nitrogen and oxygen atoms in total. The van der Waals surface area contributed by atoms with Gasteiger partial charge in [0.1, 0.15) is 0 Å². The SMILES string of the molecule is COC[C@@]1(C)C2C=CC=C(C)C21. The lowest BCUT2D eigenvalue weighted by molar-refractivity contribution is 0.140. The number of ether oxygens (including phenoxy) is 1. The lowest BCUT2D eigenvalue weighted by Crippen LogP contribution is -2.08. The Morgan fingerprint density at radius 2 is 2.33 bits per heavy atom. The van der Waals surface area contributed by atoms with Crippen molar-refractivity contribution in [3.05, 3.63) is 23.8 Å². The normalized spacial score (nSPS) is 43.8. The molecule has 0 aromatic carbocycles. The molecule has 66 valence electrons. The minimum absolute atomic E-state index is 0.391. The Bertz CT molecular complexity index is 252. The molecule has 3 atom stereocenters. The molecule has 1 fully saturated rings. The minimum atomic E-state index is 0.391. The molecule has 0 heterocycles. The number of hydrogen-bond donors (Lipinski definition) is 0. The highest BCUT2D eigenvalue weighted by atomic mass is 16.5. The van der Waals surface area contributed by atoms with Crippen LogP contribution in [0.25, 0.3) is 0 Å². The molecule has 0 aromatic heterocycles. The zero-order valence-electron chi connectivity index (χ0n) is 8.00. The van der Waals surface area contributed by atoms with E-state index in [1.807, 2.05) is 0 Å².